The smallest absolute Gasteiger partial charge is 0.263 e. The van der Waals surface area contributed by atoms with E-state index < -0.39 is 10.1 Å². The van der Waals surface area contributed by atoms with Gasteiger partial charge in [0.2, 0.25) is 0 Å². The van der Waals surface area contributed by atoms with Crippen LogP contribution < -0.4 is 0 Å². The number of rotatable bonds is 3. The van der Waals surface area contributed by atoms with Gasteiger partial charge in [-0.2, -0.15) is 8.42 Å². The summed E-state index contributed by atoms with van der Waals surface area (Å²) in [6.45, 7) is 7.07. The van der Waals surface area contributed by atoms with Gasteiger partial charge >= 0.3 is 0 Å². The van der Waals surface area contributed by atoms with Gasteiger partial charge in [-0.3, -0.25) is 4.18 Å². The number of fused-ring (bicyclic) bond motifs is 5. The molecule has 0 aromatic heterocycles. The number of hydrogen-bond donors (Lipinski definition) is 0. The first kappa shape index (κ1) is 21.0. The van der Waals surface area contributed by atoms with Gasteiger partial charge in [0, 0.05) is 0 Å². The van der Waals surface area contributed by atoms with Crippen LogP contribution in [0.3, 0.4) is 0 Å². The van der Waals surface area contributed by atoms with Crippen LogP contribution in [-0.2, 0) is 14.3 Å². The summed E-state index contributed by atoms with van der Waals surface area (Å²) in [5, 5.41) is 0. The quantitative estimate of drug-likeness (QED) is 0.514. The molecule has 0 amide bonds. The van der Waals surface area contributed by atoms with Crippen LogP contribution in [0, 0.1) is 41.4 Å². The summed E-state index contributed by atoms with van der Waals surface area (Å²) < 4.78 is 31.4. The SMILES string of the molecule is Cc1ccc(S(=O)(=O)OC2CCC3(C)C(CCC4C5CCCC5(C)CCC43)C2)cc1. The van der Waals surface area contributed by atoms with E-state index in [2.05, 4.69) is 13.8 Å². The van der Waals surface area contributed by atoms with E-state index in [0.29, 0.717) is 16.7 Å². The molecule has 7 atom stereocenters. The highest BCUT2D eigenvalue weighted by molar-refractivity contribution is 7.86. The summed E-state index contributed by atoms with van der Waals surface area (Å²) >= 11 is 0. The fourth-order valence-electron chi connectivity index (χ4n) is 8.24. The molecule has 1 aromatic carbocycles. The average molecular weight is 431 g/mol. The molecule has 5 rings (SSSR count). The van der Waals surface area contributed by atoms with Gasteiger partial charge in [-0.25, -0.2) is 0 Å². The molecular weight excluding hydrogens is 392 g/mol. The second kappa shape index (κ2) is 7.33. The van der Waals surface area contributed by atoms with Crippen molar-refractivity contribution >= 4 is 10.1 Å². The summed E-state index contributed by atoms with van der Waals surface area (Å²) in [6.07, 6.45) is 12.5. The lowest BCUT2D eigenvalue weighted by Gasteiger charge is -2.60. The molecule has 4 saturated carbocycles. The molecule has 4 aliphatic carbocycles. The van der Waals surface area contributed by atoms with Crippen molar-refractivity contribution in [3.63, 3.8) is 0 Å². The molecule has 4 fully saturated rings. The summed E-state index contributed by atoms with van der Waals surface area (Å²) in [5.41, 5.74) is 2.04. The molecule has 1 aromatic rings. The van der Waals surface area contributed by atoms with Crippen molar-refractivity contribution in [2.75, 3.05) is 0 Å². The van der Waals surface area contributed by atoms with Gasteiger partial charge in [0.15, 0.2) is 0 Å². The zero-order valence-corrected chi connectivity index (χ0v) is 19.7. The van der Waals surface area contributed by atoms with Crippen molar-refractivity contribution in [2.24, 2.45) is 34.5 Å². The van der Waals surface area contributed by atoms with E-state index in [1.165, 1.54) is 44.9 Å². The van der Waals surface area contributed by atoms with Crippen LogP contribution >= 0.6 is 0 Å². The third-order valence-corrected chi connectivity index (χ3v) is 11.3. The molecule has 30 heavy (non-hydrogen) atoms. The maximum Gasteiger partial charge on any atom is 0.297 e. The number of benzene rings is 1. The van der Waals surface area contributed by atoms with Crippen LogP contribution in [-0.4, -0.2) is 14.5 Å². The zero-order chi connectivity index (χ0) is 21.1. The van der Waals surface area contributed by atoms with Crippen LogP contribution in [0.15, 0.2) is 29.2 Å². The number of aryl methyl sites for hydroxylation is 1. The molecule has 0 bridgehead atoms. The van der Waals surface area contributed by atoms with Crippen molar-refractivity contribution in [3.8, 4) is 0 Å². The molecule has 0 N–H and O–H groups in total. The van der Waals surface area contributed by atoms with Crippen molar-refractivity contribution in [1.82, 2.24) is 0 Å². The topological polar surface area (TPSA) is 43.4 Å². The summed E-state index contributed by atoms with van der Waals surface area (Å²) in [6, 6.07) is 7.03. The lowest BCUT2D eigenvalue weighted by atomic mass is 9.45. The molecule has 166 valence electrons. The minimum Gasteiger partial charge on any atom is -0.263 e. The van der Waals surface area contributed by atoms with Gasteiger partial charge in [0.1, 0.15) is 0 Å². The zero-order valence-electron chi connectivity index (χ0n) is 18.9. The predicted molar refractivity (Wildman–Crippen MR) is 120 cm³/mol. The molecule has 4 aliphatic rings. The van der Waals surface area contributed by atoms with E-state index in [1.807, 2.05) is 19.1 Å². The van der Waals surface area contributed by atoms with Gasteiger partial charge in [0.05, 0.1) is 11.0 Å². The van der Waals surface area contributed by atoms with Crippen molar-refractivity contribution in [1.29, 1.82) is 0 Å². The van der Waals surface area contributed by atoms with Crippen LogP contribution in [0.4, 0.5) is 0 Å². The Labute approximate surface area is 183 Å². The fourth-order valence-corrected chi connectivity index (χ4v) is 9.35. The minimum absolute atomic E-state index is 0.161. The first-order chi connectivity index (χ1) is 14.2. The van der Waals surface area contributed by atoms with Gasteiger partial charge in [-0.05, 0) is 111 Å². The summed E-state index contributed by atoms with van der Waals surface area (Å²) in [5.74, 6) is 3.28. The van der Waals surface area contributed by atoms with E-state index in [4.69, 9.17) is 4.18 Å². The Hall–Kier alpha value is -0.870. The van der Waals surface area contributed by atoms with E-state index in [-0.39, 0.29) is 11.0 Å². The number of hydrogen-bond acceptors (Lipinski definition) is 3. The molecule has 4 heteroatoms. The summed E-state index contributed by atoms with van der Waals surface area (Å²) in [7, 11) is -3.68. The van der Waals surface area contributed by atoms with Crippen LogP contribution in [0.2, 0.25) is 0 Å². The maximum atomic E-state index is 12.8. The van der Waals surface area contributed by atoms with Gasteiger partial charge in [-0.1, -0.05) is 38.0 Å². The largest absolute Gasteiger partial charge is 0.297 e. The summed E-state index contributed by atoms with van der Waals surface area (Å²) in [4.78, 5) is 0.290. The van der Waals surface area contributed by atoms with Gasteiger partial charge < -0.3 is 0 Å². The normalized spacial score (nSPS) is 43.5. The van der Waals surface area contributed by atoms with E-state index >= 15 is 0 Å². The van der Waals surface area contributed by atoms with Gasteiger partial charge in [0.25, 0.3) is 10.1 Å². The van der Waals surface area contributed by atoms with Crippen LogP contribution in [0.5, 0.6) is 0 Å². The third kappa shape index (κ3) is 3.37. The lowest BCUT2D eigenvalue weighted by molar-refractivity contribution is -0.117. The Kier molecular flexibility index (Phi) is 5.13. The van der Waals surface area contributed by atoms with Crippen molar-refractivity contribution < 1.29 is 12.6 Å². The Morgan fingerprint density at radius 3 is 2.43 bits per heavy atom. The Morgan fingerprint density at radius 1 is 0.900 bits per heavy atom. The Balaban J connectivity index is 1.30. The second-order valence-electron chi connectivity index (χ2n) is 11.5. The van der Waals surface area contributed by atoms with Crippen molar-refractivity contribution in [2.45, 2.75) is 96.0 Å². The molecule has 7 unspecified atom stereocenters. The standard InChI is InChI=1S/C26H38O3S/c1-18-6-9-21(10-7-18)30(27,28)29-20-12-16-26(3)19(17-20)8-11-22-23-5-4-14-25(23,2)15-13-24(22)26/h6-7,9-10,19-20,22-24H,4-5,8,11-17H2,1-3H3. The van der Waals surface area contributed by atoms with E-state index in [1.54, 1.807) is 12.1 Å². The maximum absolute atomic E-state index is 12.8. The highest BCUT2D eigenvalue weighted by Crippen LogP contribution is 2.66. The van der Waals surface area contributed by atoms with Crippen LogP contribution in [0.1, 0.15) is 83.6 Å². The lowest BCUT2D eigenvalue weighted by Crippen LogP contribution is -2.53. The molecule has 0 spiro atoms. The Bertz CT molecular complexity index is 891. The monoisotopic (exact) mass is 430 g/mol. The van der Waals surface area contributed by atoms with Crippen molar-refractivity contribution in [3.05, 3.63) is 29.8 Å². The molecule has 0 saturated heterocycles. The molecule has 0 radical (unpaired) electrons. The Morgan fingerprint density at radius 2 is 1.67 bits per heavy atom. The minimum atomic E-state index is -3.68. The van der Waals surface area contributed by atoms with E-state index in [0.717, 1.165) is 42.6 Å². The molecular formula is C26H38O3S. The average Bonchev–Trinajstić information content (AvgIpc) is 3.10. The highest BCUT2D eigenvalue weighted by Gasteiger charge is 2.58. The second-order valence-corrected chi connectivity index (χ2v) is 13.1. The highest BCUT2D eigenvalue weighted by atomic mass is 32.2. The molecule has 0 aliphatic heterocycles. The molecule has 3 nitrogen and oxygen atoms in total. The first-order valence-corrected chi connectivity index (χ1v) is 13.6. The predicted octanol–water partition coefficient (Wildman–Crippen LogP) is 6.50. The first-order valence-electron chi connectivity index (χ1n) is 12.2. The fraction of sp³-hybridized carbons (Fsp3) is 0.769. The van der Waals surface area contributed by atoms with Gasteiger partial charge in [-0.15, -0.1) is 0 Å². The third-order valence-electron chi connectivity index (χ3n) is 9.97. The van der Waals surface area contributed by atoms with Crippen LogP contribution in [0.25, 0.3) is 0 Å². The molecule has 0 heterocycles. The van der Waals surface area contributed by atoms with E-state index in [9.17, 15) is 8.42 Å².